The Bertz CT molecular complexity index is 114. The topological polar surface area (TPSA) is 46.5 Å². The molecule has 1 radical (unpaired) electrons. The van der Waals surface area contributed by atoms with Crippen molar-refractivity contribution in [3.05, 3.63) is 6.92 Å². The minimum Gasteiger partial charge on any atom is -0.495 e. The minimum atomic E-state index is -0.547. The van der Waals surface area contributed by atoms with Crippen LogP contribution in [0.1, 0.15) is 12.8 Å². The van der Waals surface area contributed by atoms with Crippen molar-refractivity contribution < 1.29 is 47.3 Å². The molecule has 0 aromatic rings. The summed E-state index contributed by atoms with van der Waals surface area (Å²) in [5.74, 6) is -0.353. The average Bonchev–Trinajstić information content (AvgIpc) is 1.59. The molecule has 0 aromatic carbocycles. The van der Waals surface area contributed by atoms with Crippen molar-refractivity contribution in [3.63, 3.8) is 0 Å². The van der Waals surface area contributed by atoms with E-state index < -0.39 is 6.10 Å². The van der Waals surface area contributed by atoms with E-state index in [2.05, 4.69) is 11.7 Å². The maximum atomic E-state index is 10.5. The zero-order valence-corrected chi connectivity index (χ0v) is 8.46. The molecule has 1 rings (SSSR count). The van der Waals surface area contributed by atoms with Crippen LogP contribution in [0.2, 0.25) is 0 Å². The van der Waals surface area contributed by atoms with Crippen LogP contribution in [-0.2, 0) is 42.2 Å². The molecule has 1 heterocycles. The Morgan fingerprint density at radius 1 is 1.70 bits per heavy atom. The maximum Gasteiger partial charge on any atom is 0.306 e. The van der Waals surface area contributed by atoms with Crippen LogP contribution in [0.5, 0.6) is 0 Å². The third-order valence-electron chi connectivity index (χ3n) is 1.24. The minimum absolute atomic E-state index is 0. The summed E-state index contributed by atoms with van der Waals surface area (Å²) >= 11 is 0. The van der Waals surface area contributed by atoms with Crippen LogP contribution in [0.15, 0.2) is 0 Å². The Hall–Kier alpha value is 0.534. The Morgan fingerprint density at radius 2 is 2.30 bits per heavy atom. The van der Waals surface area contributed by atoms with E-state index in [1.807, 2.05) is 0 Å². The molecule has 1 N–H and O–H groups in total. The van der Waals surface area contributed by atoms with E-state index in [0.29, 0.717) is 6.42 Å². The van der Waals surface area contributed by atoms with Gasteiger partial charge >= 0.3 is 5.97 Å². The van der Waals surface area contributed by atoms with Gasteiger partial charge in [-0.3, -0.25) is 4.79 Å². The molecule has 0 saturated carbocycles. The van der Waals surface area contributed by atoms with Gasteiger partial charge in [0, 0.05) is 32.7 Å². The predicted molar refractivity (Wildman–Crippen MR) is 30.5 cm³/mol. The first-order valence-electron chi connectivity index (χ1n) is 2.89. The van der Waals surface area contributed by atoms with Crippen molar-refractivity contribution in [2.24, 2.45) is 0 Å². The van der Waals surface area contributed by atoms with Crippen LogP contribution in [0.25, 0.3) is 0 Å². The zero-order chi connectivity index (χ0) is 6.85. The Balaban J connectivity index is 0.000000810. The van der Waals surface area contributed by atoms with E-state index >= 15 is 0 Å². The molecule has 10 heavy (non-hydrogen) atoms. The number of rotatable bonds is 0. The molecule has 0 aliphatic carbocycles. The van der Waals surface area contributed by atoms with Gasteiger partial charge in [-0.05, 0) is 12.5 Å². The first-order chi connectivity index (χ1) is 4.18. The summed E-state index contributed by atoms with van der Waals surface area (Å²) in [4.78, 5) is 10.5. The molecule has 1 fully saturated rings. The van der Waals surface area contributed by atoms with Gasteiger partial charge in [0.15, 0.2) is 0 Å². The molecule has 1 unspecified atom stereocenters. The molecule has 0 spiro atoms. The Morgan fingerprint density at radius 3 is 2.70 bits per heavy atom. The molecule has 0 bridgehead atoms. The van der Waals surface area contributed by atoms with E-state index in [9.17, 15) is 4.79 Å². The summed E-state index contributed by atoms with van der Waals surface area (Å²) in [6.07, 6.45) is -0.326. The molecule has 4 heteroatoms. The van der Waals surface area contributed by atoms with Gasteiger partial charge in [-0.2, -0.15) is 0 Å². The molecule has 1 aliphatic rings. The van der Waals surface area contributed by atoms with Gasteiger partial charge in [-0.25, -0.2) is 0 Å². The summed E-state index contributed by atoms with van der Waals surface area (Å²) in [6.45, 7) is 3.50. The van der Waals surface area contributed by atoms with Crippen molar-refractivity contribution in [3.8, 4) is 0 Å². The molecule has 1 saturated heterocycles. The van der Waals surface area contributed by atoms with Gasteiger partial charge in [0.05, 0.1) is 12.5 Å². The number of aliphatic hydroxyl groups excluding tert-OH is 1. The van der Waals surface area contributed by atoms with Gasteiger partial charge in [-0.15, -0.1) is 0 Å². The Kier molecular flexibility index (Phi) is 4.66. The van der Waals surface area contributed by atoms with Gasteiger partial charge in [0.25, 0.3) is 0 Å². The van der Waals surface area contributed by atoms with Crippen molar-refractivity contribution in [1.82, 2.24) is 0 Å². The summed E-state index contributed by atoms with van der Waals surface area (Å²) in [5.41, 5.74) is 0. The van der Waals surface area contributed by atoms with Gasteiger partial charge in [0.2, 0.25) is 0 Å². The van der Waals surface area contributed by atoms with Crippen molar-refractivity contribution in [2.75, 3.05) is 0 Å². The van der Waals surface area contributed by atoms with Crippen LogP contribution in [-0.4, -0.2) is 23.3 Å². The number of hydrogen-bond donors (Lipinski definition) is 1. The SMILES string of the molecule is [CH2-][C@@H]1CC(O)CC(=O)O1.[Y]. The second-order valence-electron chi connectivity index (χ2n) is 2.21. The van der Waals surface area contributed by atoms with E-state index in [-0.39, 0.29) is 51.2 Å². The summed E-state index contributed by atoms with van der Waals surface area (Å²) in [7, 11) is 0. The van der Waals surface area contributed by atoms with Crippen LogP contribution in [0, 0.1) is 6.92 Å². The normalized spacial score (nSPS) is 32.4. The van der Waals surface area contributed by atoms with Crippen LogP contribution in [0.3, 0.4) is 0 Å². The molecule has 55 valence electrons. The third kappa shape index (κ3) is 3.08. The first kappa shape index (κ1) is 10.5. The molecule has 0 aromatic heterocycles. The monoisotopic (exact) mass is 218 g/mol. The maximum absolute atomic E-state index is 10.5. The number of carbonyl (C=O) groups is 1. The molecule has 3 nitrogen and oxygen atoms in total. The fourth-order valence-electron chi connectivity index (χ4n) is 0.861. The number of hydrogen-bond acceptors (Lipinski definition) is 3. The number of aliphatic hydroxyl groups is 1. The fourth-order valence-corrected chi connectivity index (χ4v) is 0.861. The zero-order valence-electron chi connectivity index (χ0n) is 5.62. The summed E-state index contributed by atoms with van der Waals surface area (Å²) in [6, 6.07) is 0. The smallest absolute Gasteiger partial charge is 0.306 e. The second kappa shape index (κ2) is 4.42. The number of ether oxygens (including phenoxy) is 1. The first-order valence-corrected chi connectivity index (χ1v) is 2.89. The van der Waals surface area contributed by atoms with Crippen molar-refractivity contribution in [2.45, 2.75) is 25.0 Å². The number of cyclic esters (lactones) is 1. The predicted octanol–water partition coefficient (Wildman–Crippen LogP) is -0.116. The van der Waals surface area contributed by atoms with Gasteiger partial charge in [-0.1, -0.05) is 0 Å². The molecular formula is C6H9O3Y-. The number of carbonyl (C=O) groups excluding carboxylic acids is 1. The third-order valence-corrected chi connectivity index (χ3v) is 1.24. The van der Waals surface area contributed by atoms with Crippen molar-refractivity contribution >= 4 is 5.97 Å². The molecule has 0 amide bonds. The largest absolute Gasteiger partial charge is 0.495 e. The standard InChI is InChI=1S/C6H9O3.Y/c1-4-2-5(7)3-6(8)9-4;/h4-5,7H,1-3H2;/q-1;/t4-,5?;/m1./s1. The second-order valence-corrected chi connectivity index (χ2v) is 2.21. The summed E-state index contributed by atoms with van der Waals surface area (Å²) in [5, 5.41) is 8.91. The van der Waals surface area contributed by atoms with E-state index in [0.717, 1.165) is 0 Å². The quantitative estimate of drug-likeness (QED) is 0.455. The van der Waals surface area contributed by atoms with Crippen LogP contribution >= 0.6 is 0 Å². The molecule has 1 aliphatic heterocycles. The van der Waals surface area contributed by atoms with E-state index in [1.165, 1.54) is 0 Å². The van der Waals surface area contributed by atoms with Crippen LogP contribution in [0.4, 0.5) is 0 Å². The van der Waals surface area contributed by atoms with Gasteiger partial charge < -0.3 is 16.8 Å². The van der Waals surface area contributed by atoms with E-state index in [4.69, 9.17) is 5.11 Å². The summed E-state index contributed by atoms with van der Waals surface area (Å²) < 4.78 is 4.65. The average molecular weight is 218 g/mol. The van der Waals surface area contributed by atoms with Crippen molar-refractivity contribution in [1.29, 1.82) is 0 Å². The fraction of sp³-hybridized carbons (Fsp3) is 0.667. The van der Waals surface area contributed by atoms with Crippen LogP contribution < -0.4 is 0 Å². The molecular weight excluding hydrogens is 209 g/mol. The molecule has 2 atom stereocenters. The van der Waals surface area contributed by atoms with Gasteiger partial charge in [0.1, 0.15) is 0 Å². The number of esters is 1. The van der Waals surface area contributed by atoms with E-state index in [1.54, 1.807) is 0 Å². The Labute approximate surface area is 85.0 Å².